The summed E-state index contributed by atoms with van der Waals surface area (Å²) >= 11 is 0. The Morgan fingerprint density at radius 3 is 2.75 bits per heavy atom. The van der Waals surface area contributed by atoms with Crippen LogP contribution in [0.3, 0.4) is 0 Å². The van der Waals surface area contributed by atoms with E-state index < -0.39 is 17.6 Å². The summed E-state index contributed by atoms with van der Waals surface area (Å²) in [4.78, 5) is 28.4. The number of rotatable bonds is 5. The molecule has 6 heteroatoms. The Labute approximate surface area is 142 Å². The molecule has 2 atom stereocenters. The molecule has 2 saturated heterocycles. The third-order valence-corrected chi connectivity index (χ3v) is 5.29. The average Bonchev–Trinajstić information content (AvgIpc) is 3.18. The van der Waals surface area contributed by atoms with E-state index in [-0.39, 0.29) is 12.6 Å². The lowest BCUT2D eigenvalue weighted by atomic mass is 9.87. The van der Waals surface area contributed by atoms with Gasteiger partial charge in [-0.2, -0.15) is 0 Å². The summed E-state index contributed by atoms with van der Waals surface area (Å²) in [6, 6.07) is 9.31. The summed E-state index contributed by atoms with van der Waals surface area (Å²) < 4.78 is 5.42. The van der Waals surface area contributed by atoms with Gasteiger partial charge in [-0.05, 0) is 38.3 Å². The van der Waals surface area contributed by atoms with Gasteiger partial charge in [-0.1, -0.05) is 30.3 Å². The number of amides is 1. The molecular formula is C18H24N2O4. The van der Waals surface area contributed by atoms with Crippen LogP contribution in [0, 0.1) is 0 Å². The van der Waals surface area contributed by atoms with E-state index in [1.54, 1.807) is 0 Å². The molecule has 0 spiro atoms. The highest BCUT2D eigenvalue weighted by Gasteiger charge is 2.59. The van der Waals surface area contributed by atoms with E-state index in [0.717, 1.165) is 31.5 Å². The number of hydrogen-bond donors (Lipinski definition) is 1. The van der Waals surface area contributed by atoms with Gasteiger partial charge in [-0.25, -0.2) is 9.59 Å². The van der Waals surface area contributed by atoms with Crippen molar-refractivity contribution < 1.29 is 19.4 Å². The Hall–Kier alpha value is -2.08. The molecule has 3 rings (SSSR count). The maximum absolute atomic E-state index is 12.7. The summed E-state index contributed by atoms with van der Waals surface area (Å²) in [5.74, 6) is -0.921. The zero-order chi connectivity index (χ0) is 17.2. The largest absolute Gasteiger partial charge is 0.479 e. The maximum atomic E-state index is 12.7. The van der Waals surface area contributed by atoms with Gasteiger partial charge in [0, 0.05) is 19.1 Å². The first kappa shape index (κ1) is 16.8. The zero-order valence-electron chi connectivity index (χ0n) is 14.0. The Morgan fingerprint density at radius 2 is 2.08 bits per heavy atom. The summed E-state index contributed by atoms with van der Waals surface area (Å²) in [7, 11) is 0. The number of carbonyl (C=O) groups excluding carboxylic acids is 1. The number of aliphatic carboxylic acids is 1. The van der Waals surface area contributed by atoms with Gasteiger partial charge in [0.15, 0.2) is 5.54 Å². The first-order valence-corrected chi connectivity index (χ1v) is 8.55. The lowest BCUT2D eigenvalue weighted by Gasteiger charge is -2.40. The molecule has 2 aliphatic heterocycles. The second-order valence-corrected chi connectivity index (χ2v) is 6.46. The standard InChI is InChI=1S/C18H24N2O4/c1-2-20(17(23)24-13-14-7-4-3-5-8-14)18(16(21)22)10-12-19-11-6-9-15(18)19/h3-5,7-8,15H,2,6,9-13H2,1H3,(H,21,22). The molecular weight excluding hydrogens is 308 g/mol. The SMILES string of the molecule is CCN(C(=O)OCc1ccccc1)C1(C(=O)O)CCN2CCCC21. The number of fused-ring (bicyclic) bond motifs is 1. The third kappa shape index (κ3) is 2.75. The maximum Gasteiger partial charge on any atom is 0.411 e. The molecule has 2 aliphatic rings. The van der Waals surface area contributed by atoms with Crippen molar-refractivity contribution in [2.24, 2.45) is 0 Å². The fourth-order valence-electron chi connectivity index (χ4n) is 4.17. The molecule has 0 radical (unpaired) electrons. The summed E-state index contributed by atoms with van der Waals surface area (Å²) in [5.41, 5.74) is -0.279. The normalized spacial score (nSPS) is 26.1. The summed E-state index contributed by atoms with van der Waals surface area (Å²) in [6.07, 6.45) is 1.71. The highest BCUT2D eigenvalue weighted by molar-refractivity contribution is 5.86. The average molecular weight is 332 g/mol. The fourth-order valence-corrected chi connectivity index (χ4v) is 4.17. The van der Waals surface area contributed by atoms with Crippen molar-refractivity contribution in [1.82, 2.24) is 9.80 Å². The number of hydrogen-bond acceptors (Lipinski definition) is 4. The van der Waals surface area contributed by atoms with Crippen molar-refractivity contribution >= 4 is 12.1 Å². The van der Waals surface area contributed by atoms with E-state index in [1.807, 2.05) is 37.3 Å². The van der Waals surface area contributed by atoms with Gasteiger partial charge in [0.1, 0.15) is 6.61 Å². The lowest BCUT2D eigenvalue weighted by molar-refractivity contribution is -0.152. The number of ether oxygens (including phenoxy) is 1. The van der Waals surface area contributed by atoms with Crippen LogP contribution in [-0.2, 0) is 16.1 Å². The second kappa shape index (κ2) is 6.81. The van der Waals surface area contributed by atoms with E-state index in [2.05, 4.69) is 4.90 Å². The van der Waals surface area contributed by atoms with Crippen molar-refractivity contribution in [3.63, 3.8) is 0 Å². The summed E-state index contributed by atoms with van der Waals surface area (Å²) in [6.45, 7) is 3.92. The monoisotopic (exact) mass is 332 g/mol. The summed E-state index contributed by atoms with van der Waals surface area (Å²) in [5, 5.41) is 9.97. The molecule has 1 N–H and O–H groups in total. The Kier molecular flexibility index (Phi) is 4.76. The highest BCUT2D eigenvalue weighted by atomic mass is 16.6. The molecule has 24 heavy (non-hydrogen) atoms. The minimum atomic E-state index is -1.17. The van der Waals surface area contributed by atoms with Crippen LogP contribution >= 0.6 is 0 Å². The Bertz CT molecular complexity index is 606. The van der Waals surface area contributed by atoms with Crippen LogP contribution in [0.4, 0.5) is 4.79 Å². The molecule has 6 nitrogen and oxygen atoms in total. The first-order valence-electron chi connectivity index (χ1n) is 8.55. The molecule has 130 valence electrons. The van der Waals surface area contributed by atoms with E-state index in [0.29, 0.717) is 13.0 Å². The van der Waals surface area contributed by atoms with Gasteiger partial charge >= 0.3 is 12.1 Å². The number of likely N-dealkylation sites (N-methyl/N-ethyl adjacent to an activating group) is 1. The Morgan fingerprint density at radius 1 is 1.33 bits per heavy atom. The predicted molar refractivity (Wildman–Crippen MR) is 88.6 cm³/mol. The van der Waals surface area contributed by atoms with Crippen molar-refractivity contribution in [1.29, 1.82) is 0 Å². The molecule has 2 heterocycles. The quantitative estimate of drug-likeness (QED) is 0.896. The van der Waals surface area contributed by atoms with Crippen molar-refractivity contribution in [2.75, 3.05) is 19.6 Å². The van der Waals surface area contributed by atoms with Gasteiger partial charge in [-0.3, -0.25) is 9.80 Å². The van der Waals surface area contributed by atoms with Crippen LogP contribution in [0.15, 0.2) is 30.3 Å². The lowest BCUT2D eigenvalue weighted by Crippen LogP contribution is -2.62. The van der Waals surface area contributed by atoms with Gasteiger partial charge in [0.2, 0.25) is 0 Å². The number of carbonyl (C=O) groups is 2. The number of carboxylic acid groups (broad SMARTS) is 1. The Balaban J connectivity index is 1.78. The van der Waals surface area contributed by atoms with Crippen LogP contribution in [0.25, 0.3) is 0 Å². The predicted octanol–water partition coefficient (Wildman–Crippen LogP) is 2.34. The first-order chi connectivity index (χ1) is 11.6. The minimum absolute atomic E-state index is 0.112. The van der Waals surface area contributed by atoms with Gasteiger partial charge in [-0.15, -0.1) is 0 Å². The number of carboxylic acids is 1. The molecule has 0 saturated carbocycles. The van der Waals surface area contributed by atoms with E-state index in [1.165, 1.54) is 4.90 Å². The molecule has 1 aromatic rings. The van der Waals surface area contributed by atoms with Crippen molar-refractivity contribution in [3.8, 4) is 0 Å². The van der Waals surface area contributed by atoms with Gasteiger partial charge in [0.05, 0.1) is 0 Å². The van der Waals surface area contributed by atoms with E-state index in [9.17, 15) is 14.7 Å². The minimum Gasteiger partial charge on any atom is -0.479 e. The van der Waals surface area contributed by atoms with Crippen LogP contribution < -0.4 is 0 Å². The molecule has 2 fully saturated rings. The van der Waals surface area contributed by atoms with Crippen LogP contribution in [0.2, 0.25) is 0 Å². The van der Waals surface area contributed by atoms with Crippen LogP contribution in [0.5, 0.6) is 0 Å². The highest BCUT2D eigenvalue weighted by Crippen LogP contribution is 2.40. The van der Waals surface area contributed by atoms with Crippen LogP contribution in [0.1, 0.15) is 31.7 Å². The molecule has 0 aromatic heterocycles. The number of nitrogens with zero attached hydrogens (tertiary/aromatic N) is 2. The number of benzene rings is 1. The molecule has 2 unspecified atom stereocenters. The molecule has 0 aliphatic carbocycles. The molecule has 0 bridgehead atoms. The zero-order valence-corrected chi connectivity index (χ0v) is 14.0. The van der Waals surface area contributed by atoms with Crippen molar-refractivity contribution in [2.45, 2.75) is 44.4 Å². The molecule has 1 aromatic carbocycles. The van der Waals surface area contributed by atoms with Gasteiger partial charge in [0.25, 0.3) is 0 Å². The third-order valence-electron chi connectivity index (χ3n) is 5.29. The smallest absolute Gasteiger partial charge is 0.411 e. The van der Waals surface area contributed by atoms with Crippen LogP contribution in [-0.4, -0.2) is 58.2 Å². The fraction of sp³-hybridized carbons (Fsp3) is 0.556. The topological polar surface area (TPSA) is 70.1 Å². The van der Waals surface area contributed by atoms with E-state index >= 15 is 0 Å². The van der Waals surface area contributed by atoms with E-state index in [4.69, 9.17) is 4.74 Å². The van der Waals surface area contributed by atoms with Crippen molar-refractivity contribution in [3.05, 3.63) is 35.9 Å². The molecule has 1 amide bonds. The second-order valence-electron chi connectivity index (χ2n) is 6.46. The van der Waals surface area contributed by atoms with Gasteiger partial charge < -0.3 is 9.84 Å².